The molecule has 4 rings (SSSR count). The van der Waals surface area contributed by atoms with Crippen LogP contribution in [0.4, 0.5) is 8.78 Å². The van der Waals surface area contributed by atoms with Crippen molar-refractivity contribution in [2.45, 2.75) is 26.5 Å². The van der Waals surface area contributed by atoms with Crippen molar-refractivity contribution in [1.29, 1.82) is 0 Å². The number of ether oxygens (including phenoxy) is 2. The zero-order valence-electron chi connectivity index (χ0n) is 17.8. The molecule has 1 aliphatic rings. The van der Waals surface area contributed by atoms with Gasteiger partial charge in [0.1, 0.15) is 5.75 Å². The normalized spacial score (nSPS) is 15.9. The number of alkyl halides is 2. The van der Waals surface area contributed by atoms with Crippen molar-refractivity contribution < 1.29 is 23.0 Å². The Morgan fingerprint density at radius 3 is 2.58 bits per heavy atom. The van der Waals surface area contributed by atoms with E-state index in [1.54, 1.807) is 32.0 Å². The first-order valence-electron chi connectivity index (χ1n) is 10.2. The van der Waals surface area contributed by atoms with Crippen LogP contribution >= 0.6 is 11.3 Å². The molecule has 0 saturated heterocycles. The number of allylic oxidation sites excluding steroid dienone is 1. The van der Waals surface area contributed by atoms with Crippen LogP contribution in [0.25, 0.3) is 6.08 Å². The number of esters is 1. The summed E-state index contributed by atoms with van der Waals surface area (Å²) in [6.45, 7) is 0.598. The standard InChI is InChI=1S/C24H20F2N2O4S/c1-3-31-22(30)19-14(2)27-24-28(20(19)15-9-5-4-6-10-15)21(29)18(33-24)13-16-11-7-8-12-17(16)32-23(25)26/h4-13,20,23H,3H2,1-2H3/b18-13-/t20-/m0/s1. The lowest BCUT2D eigenvalue weighted by Gasteiger charge is -2.24. The first kappa shape index (κ1) is 22.6. The number of fused-ring (bicyclic) bond motifs is 1. The minimum atomic E-state index is -2.99. The van der Waals surface area contributed by atoms with E-state index in [0.29, 0.717) is 16.1 Å². The number of halogens is 2. The van der Waals surface area contributed by atoms with Crippen molar-refractivity contribution in [3.05, 3.63) is 96.7 Å². The molecule has 33 heavy (non-hydrogen) atoms. The Labute approximate surface area is 191 Å². The zero-order valence-corrected chi connectivity index (χ0v) is 18.6. The van der Waals surface area contributed by atoms with Crippen LogP contribution in [-0.2, 0) is 9.53 Å². The second-order valence-electron chi connectivity index (χ2n) is 7.13. The molecular formula is C24H20F2N2O4S. The van der Waals surface area contributed by atoms with Gasteiger partial charge in [0.15, 0.2) is 4.80 Å². The number of nitrogens with zero attached hydrogens (tertiary/aromatic N) is 2. The van der Waals surface area contributed by atoms with Crippen LogP contribution in [0.1, 0.15) is 31.0 Å². The Morgan fingerprint density at radius 1 is 1.18 bits per heavy atom. The van der Waals surface area contributed by atoms with Crippen LogP contribution in [0.15, 0.2) is 75.7 Å². The van der Waals surface area contributed by atoms with Gasteiger partial charge < -0.3 is 9.47 Å². The van der Waals surface area contributed by atoms with E-state index in [0.717, 1.165) is 16.9 Å². The second-order valence-corrected chi connectivity index (χ2v) is 8.14. The summed E-state index contributed by atoms with van der Waals surface area (Å²) in [5.74, 6) is -0.584. The largest absolute Gasteiger partial charge is 0.463 e. The fraction of sp³-hybridized carbons (Fsp3) is 0.208. The van der Waals surface area contributed by atoms with E-state index in [4.69, 9.17) is 4.74 Å². The number of carbonyl (C=O) groups is 1. The minimum Gasteiger partial charge on any atom is -0.463 e. The first-order valence-corrected chi connectivity index (χ1v) is 11.0. The van der Waals surface area contributed by atoms with Gasteiger partial charge in [0.25, 0.3) is 5.56 Å². The molecule has 170 valence electrons. The predicted molar refractivity (Wildman–Crippen MR) is 120 cm³/mol. The van der Waals surface area contributed by atoms with Gasteiger partial charge in [0, 0.05) is 5.56 Å². The molecule has 0 aliphatic carbocycles. The Hall–Kier alpha value is -3.59. The zero-order chi connectivity index (χ0) is 23.5. The Morgan fingerprint density at radius 2 is 1.88 bits per heavy atom. The summed E-state index contributed by atoms with van der Waals surface area (Å²) in [6.07, 6.45) is 1.49. The highest BCUT2D eigenvalue weighted by Crippen LogP contribution is 2.30. The van der Waals surface area contributed by atoms with E-state index in [1.807, 2.05) is 30.3 Å². The van der Waals surface area contributed by atoms with Crippen LogP contribution in [0.5, 0.6) is 5.75 Å². The lowest BCUT2D eigenvalue weighted by Crippen LogP contribution is -2.39. The molecule has 6 nitrogen and oxygen atoms in total. The van der Waals surface area contributed by atoms with Crippen LogP contribution < -0.4 is 19.6 Å². The average molecular weight is 470 g/mol. The third-order valence-corrected chi connectivity index (χ3v) is 6.04. The van der Waals surface area contributed by atoms with Crippen molar-refractivity contribution in [2.24, 2.45) is 4.99 Å². The summed E-state index contributed by atoms with van der Waals surface area (Å²) in [4.78, 5) is 31.2. The van der Waals surface area contributed by atoms with E-state index < -0.39 is 24.2 Å². The smallest absolute Gasteiger partial charge is 0.387 e. The maximum absolute atomic E-state index is 13.5. The lowest BCUT2D eigenvalue weighted by molar-refractivity contribution is -0.139. The van der Waals surface area contributed by atoms with Gasteiger partial charge in [-0.25, -0.2) is 9.79 Å². The monoisotopic (exact) mass is 470 g/mol. The number of benzene rings is 2. The van der Waals surface area contributed by atoms with Crippen molar-refractivity contribution in [2.75, 3.05) is 6.61 Å². The Balaban J connectivity index is 1.93. The molecule has 9 heteroatoms. The van der Waals surface area contributed by atoms with Gasteiger partial charge in [0.05, 0.1) is 28.5 Å². The number of hydrogen-bond acceptors (Lipinski definition) is 6. The van der Waals surface area contributed by atoms with Gasteiger partial charge in [-0.05, 0) is 31.6 Å². The molecule has 3 aromatic rings. The second kappa shape index (κ2) is 9.50. The van der Waals surface area contributed by atoms with Crippen molar-refractivity contribution in [3.8, 4) is 5.75 Å². The maximum Gasteiger partial charge on any atom is 0.387 e. The lowest BCUT2D eigenvalue weighted by atomic mass is 9.96. The van der Waals surface area contributed by atoms with Crippen molar-refractivity contribution >= 4 is 23.4 Å². The number of para-hydroxylation sites is 1. The van der Waals surface area contributed by atoms with Gasteiger partial charge in [0.2, 0.25) is 0 Å². The Kier molecular flexibility index (Phi) is 6.50. The van der Waals surface area contributed by atoms with Gasteiger partial charge in [-0.1, -0.05) is 59.9 Å². The quantitative estimate of drug-likeness (QED) is 0.518. The molecule has 1 aromatic heterocycles. The SMILES string of the molecule is CCOC(=O)C1=C(C)N=c2s/c(=C\c3ccccc3OC(F)F)c(=O)n2[C@H]1c1ccccc1. The van der Waals surface area contributed by atoms with Crippen molar-refractivity contribution in [1.82, 2.24) is 4.57 Å². The predicted octanol–water partition coefficient (Wildman–Crippen LogP) is 3.40. The minimum absolute atomic E-state index is 0.0404. The Bertz CT molecular complexity index is 1390. The van der Waals surface area contributed by atoms with E-state index >= 15 is 0 Å². The highest BCUT2D eigenvalue weighted by Gasteiger charge is 2.33. The van der Waals surface area contributed by atoms with Crippen LogP contribution in [-0.4, -0.2) is 23.8 Å². The third kappa shape index (κ3) is 4.49. The molecule has 0 saturated carbocycles. The molecule has 0 radical (unpaired) electrons. The number of carbonyl (C=O) groups excluding carboxylic acids is 1. The summed E-state index contributed by atoms with van der Waals surface area (Å²) in [6, 6.07) is 14.6. The molecular weight excluding hydrogens is 450 g/mol. The maximum atomic E-state index is 13.5. The molecule has 0 N–H and O–H groups in total. The molecule has 0 amide bonds. The van der Waals surface area contributed by atoms with Gasteiger partial charge in [-0.3, -0.25) is 9.36 Å². The molecule has 2 aromatic carbocycles. The molecule has 0 bridgehead atoms. The molecule has 1 atom stereocenters. The van der Waals surface area contributed by atoms with Gasteiger partial charge in [-0.15, -0.1) is 0 Å². The number of aromatic nitrogens is 1. The highest BCUT2D eigenvalue weighted by atomic mass is 32.1. The van der Waals surface area contributed by atoms with E-state index in [9.17, 15) is 18.4 Å². The number of hydrogen-bond donors (Lipinski definition) is 0. The van der Waals surface area contributed by atoms with Crippen molar-refractivity contribution in [3.63, 3.8) is 0 Å². The number of rotatable bonds is 6. The first-order chi connectivity index (χ1) is 15.9. The molecule has 2 heterocycles. The number of thiazole rings is 1. The summed E-state index contributed by atoms with van der Waals surface area (Å²) in [5.41, 5.74) is 1.40. The fourth-order valence-corrected chi connectivity index (χ4v) is 4.72. The van der Waals surface area contributed by atoms with Crippen LogP contribution in [0.2, 0.25) is 0 Å². The van der Waals surface area contributed by atoms with E-state index in [2.05, 4.69) is 9.73 Å². The van der Waals surface area contributed by atoms with Crippen LogP contribution in [0, 0.1) is 0 Å². The molecule has 0 unspecified atom stereocenters. The molecule has 0 fully saturated rings. The van der Waals surface area contributed by atoms with Crippen LogP contribution in [0.3, 0.4) is 0 Å². The van der Waals surface area contributed by atoms with E-state index in [-0.39, 0.29) is 22.5 Å². The average Bonchev–Trinajstić information content (AvgIpc) is 3.09. The van der Waals surface area contributed by atoms with Gasteiger partial charge in [-0.2, -0.15) is 8.78 Å². The highest BCUT2D eigenvalue weighted by molar-refractivity contribution is 7.07. The van der Waals surface area contributed by atoms with E-state index in [1.165, 1.54) is 16.7 Å². The molecule has 0 spiro atoms. The molecule has 1 aliphatic heterocycles. The summed E-state index contributed by atoms with van der Waals surface area (Å²) < 4.78 is 37.2. The topological polar surface area (TPSA) is 69.9 Å². The van der Waals surface area contributed by atoms with Gasteiger partial charge >= 0.3 is 12.6 Å². The summed E-state index contributed by atoms with van der Waals surface area (Å²) >= 11 is 1.11. The summed E-state index contributed by atoms with van der Waals surface area (Å²) in [5, 5.41) is 0. The third-order valence-electron chi connectivity index (χ3n) is 5.05. The summed E-state index contributed by atoms with van der Waals surface area (Å²) in [7, 11) is 0. The fourth-order valence-electron chi connectivity index (χ4n) is 3.69.